The third-order valence-corrected chi connectivity index (χ3v) is 3.44. The highest BCUT2D eigenvalue weighted by atomic mass is 16.6. The first kappa shape index (κ1) is 13.0. The Bertz CT molecular complexity index is 397. The van der Waals surface area contributed by atoms with Gasteiger partial charge in [-0.25, -0.2) is 0 Å². The zero-order chi connectivity index (χ0) is 13.0. The average molecular weight is 250 g/mol. The molecule has 98 valence electrons. The van der Waals surface area contributed by atoms with Crippen LogP contribution in [0.2, 0.25) is 0 Å². The maximum absolute atomic E-state index is 10.5. The highest BCUT2D eigenvalue weighted by Gasteiger charge is 2.18. The number of nitrogens with one attached hydrogen (secondary N) is 1. The van der Waals surface area contributed by atoms with Gasteiger partial charge in [0.05, 0.1) is 11.0 Å². The van der Waals surface area contributed by atoms with Crippen LogP contribution in [0.3, 0.4) is 0 Å². The highest BCUT2D eigenvalue weighted by Crippen LogP contribution is 2.19. The van der Waals surface area contributed by atoms with E-state index in [2.05, 4.69) is 5.32 Å². The van der Waals surface area contributed by atoms with Crippen LogP contribution in [-0.4, -0.2) is 22.2 Å². The van der Waals surface area contributed by atoms with Gasteiger partial charge < -0.3 is 10.4 Å². The van der Waals surface area contributed by atoms with E-state index >= 15 is 0 Å². The Morgan fingerprint density at radius 3 is 2.39 bits per heavy atom. The highest BCUT2D eigenvalue weighted by molar-refractivity contribution is 5.32. The second-order valence-electron chi connectivity index (χ2n) is 4.81. The molecule has 0 radical (unpaired) electrons. The lowest BCUT2D eigenvalue weighted by atomic mass is 9.93. The lowest BCUT2D eigenvalue weighted by molar-refractivity contribution is -0.384. The van der Waals surface area contributed by atoms with Crippen molar-refractivity contribution in [3.05, 3.63) is 39.9 Å². The molecule has 1 aromatic carbocycles. The van der Waals surface area contributed by atoms with Crippen molar-refractivity contribution < 1.29 is 10.0 Å². The van der Waals surface area contributed by atoms with Gasteiger partial charge in [0, 0.05) is 24.7 Å². The van der Waals surface area contributed by atoms with Gasteiger partial charge >= 0.3 is 0 Å². The molecule has 0 saturated heterocycles. The second kappa shape index (κ2) is 5.93. The zero-order valence-corrected chi connectivity index (χ0v) is 10.2. The van der Waals surface area contributed by atoms with Crippen molar-refractivity contribution in [1.82, 2.24) is 5.32 Å². The van der Waals surface area contributed by atoms with E-state index in [0.29, 0.717) is 6.04 Å². The molecule has 0 heterocycles. The normalized spacial score (nSPS) is 23.8. The summed E-state index contributed by atoms with van der Waals surface area (Å²) in [6.07, 6.45) is 3.57. The minimum Gasteiger partial charge on any atom is -0.393 e. The predicted octanol–water partition coefficient (Wildman–Crippen LogP) is 1.99. The molecule has 0 aliphatic heterocycles. The minimum absolute atomic E-state index is 0.125. The van der Waals surface area contributed by atoms with Gasteiger partial charge in [-0.3, -0.25) is 10.1 Å². The van der Waals surface area contributed by atoms with Crippen LogP contribution >= 0.6 is 0 Å². The molecule has 1 aliphatic rings. The number of hydrogen-bond acceptors (Lipinski definition) is 4. The first-order chi connectivity index (χ1) is 8.65. The fourth-order valence-electron chi connectivity index (χ4n) is 2.28. The van der Waals surface area contributed by atoms with Crippen LogP contribution in [0, 0.1) is 10.1 Å². The maximum atomic E-state index is 10.5. The molecule has 0 amide bonds. The standard InChI is InChI=1S/C13H18N2O3/c16-13-7-3-11(4-8-13)14-9-10-1-5-12(6-2-10)15(17)18/h1-2,5-6,11,13-14,16H,3-4,7-9H2. The molecule has 1 fully saturated rings. The topological polar surface area (TPSA) is 75.4 Å². The van der Waals surface area contributed by atoms with Crippen LogP contribution in [0.25, 0.3) is 0 Å². The molecular weight excluding hydrogens is 232 g/mol. The maximum Gasteiger partial charge on any atom is 0.269 e. The molecule has 2 N–H and O–H groups in total. The fourth-order valence-corrected chi connectivity index (χ4v) is 2.28. The number of nitro benzene ring substituents is 1. The second-order valence-corrected chi connectivity index (χ2v) is 4.81. The largest absolute Gasteiger partial charge is 0.393 e. The SMILES string of the molecule is O=[N+]([O-])c1ccc(CNC2CCC(O)CC2)cc1. The van der Waals surface area contributed by atoms with Gasteiger partial charge in [-0.05, 0) is 31.2 Å². The van der Waals surface area contributed by atoms with E-state index < -0.39 is 0 Å². The number of non-ortho nitro benzene ring substituents is 1. The van der Waals surface area contributed by atoms with Crippen LogP contribution in [0.4, 0.5) is 5.69 Å². The summed E-state index contributed by atoms with van der Waals surface area (Å²) < 4.78 is 0. The Labute approximate surface area is 106 Å². The van der Waals surface area contributed by atoms with Gasteiger partial charge in [0.1, 0.15) is 0 Å². The summed E-state index contributed by atoms with van der Waals surface area (Å²) in [6.45, 7) is 0.721. The molecule has 1 aliphatic carbocycles. The van der Waals surface area contributed by atoms with Gasteiger partial charge in [-0.1, -0.05) is 12.1 Å². The first-order valence-corrected chi connectivity index (χ1v) is 6.30. The average Bonchev–Trinajstić information content (AvgIpc) is 2.38. The van der Waals surface area contributed by atoms with Crippen molar-refractivity contribution in [2.75, 3.05) is 0 Å². The quantitative estimate of drug-likeness (QED) is 0.633. The molecule has 0 unspecified atom stereocenters. The summed E-state index contributed by atoms with van der Waals surface area (Å²) in [7, 11) is 0. The molecule has 0 aromatic heterocycles. The zero-order valence-electron chi connectivity index (χ0n) is 10.2. The number of nitrogens with zero attached hydrogens (tertiary/aromatic N) is 1. The van der Waals surface area contributed by atoms with Gasteiger partial charge in [0.15, 0.2) is 0 Å². The summed E-state index contributed by atoms with van der Waals surface area (Å²) in [5.41, 5.74) is 1.17. The molecule has 5 nitrogen and oxygen atoms in total. The van der Waals surface area contributed by atoms with E-state index in [0.717, 1.165) is 37.8 Å². The summed E-state index contributed by atoms with van der Waals surface area (Å²) in [5.74, 6) is 0. The predicted molar refractivity (Wildman–Crippen MR) is 68.2 cm³/mol. The smallest absolute Gasteiger partial charge is 0.269 e. The van der Waals surface area contributed by atoms with E-state index in [1.54, 1.807) is 12.1 Å². The summed E-state index contributed by atoms with van der Waals surface area (Å²) >= 11 is 0. The molecule has 1 aromatic rings. The fraction of sp³-hybridized carbons (Fsp3) is 0.538. The van der Waals surface area contributed by atoms with Crippen molar-refractivity contribution in [2.24, 2.45) is 0 Å². The van der Waals surface area contributed by atoms with Crippen LogP contribution in [0.5, 0.6) is 0 Å². The Morgan fingerprint density at radius 2 is 1.83 bits per heavy atom. The number of aliphatic hydroxyl groups is 1. The van der Waals surface area contributed by atoms with Gasteiger partial charge in [-0.15, -0.1) is 0 Å². The number of aliphatic hydroxyl groups excluding tert-OH is 1. The van der Waals surface area contributed by atoms with Crippen LogP contribution < -0.4 is 5.32 Å². The van der Waals surface area contributed by atoms with Crippen molar-refractivity contribution in [3.63, 3.8) is 0 Å². The summed E-state index contributed by atoms with van der Waals surface area (Å²) in [5, 5.41) is 23.3. The molecule has 18 heavy (non-hydrogen) atoms. The third-order valence-electron chi connectivity index (χ3n) is 3.44. The molecule has 0 bridgehead atoms. The minimum atomic E-state index is -0.389. The van der Waals surface area contributed by atoms with Gasteiger partial charge in [0.2, 0.25) is 0 Å². The molecule has 2 rings (SSSR count). The van der Waals surface area contributed by atoms with Gasteiger partial charge in [0.25, 0.3) is 5.69 Å². The molecule has 1 saturated carbocycles. The summed E-state index contributed by atoms with van der Waals surface area (Å²) in [4.78, 5) is 10.1. The Hall–Kier alpha value is -1.46. The Morgan fingerprint density at radius 1 is 1.22 bits per heavy atom. The first-order valence-electron chi connectivity index (χ1n) is 6.30. The number of nitro groups is 1. The lowest BCUT2D eigenvalue weighted by Crippen LogP contribution is -2.34. The van der Waals surface area contributed by atoms with Crippen molar-refractivity contribution in [3.8, 4) is 0 Å². The number of benzene rings is 1. The Balaban J connectivity index is 1.81. The van der Waals surface area contributed by atoms with Crippen LogP contribution in [0.15, 0.2) is 24.3 Å². The summed E-state index contributed by atoms with van der Waals surface area (Å²) in [6, 6.07) is 7.07. The van der Waals surface area contributed by atoms with Crippen LogP contribution in [0.1, 0.15) is 31.2 Å². The van der Waals surface area contributed by atoms with E-state index in [9.17, 15) is 15.2 Å². The van der Waals surface area contributed by atoms with E-state index in [1.807, 2.05) is 0 Å². The molecule has 5 heteroatoms. The van der Waals surface area contributed by atoms with Crippen molar-refractivity contribution >= 4 is 5.69 Å². The van der Waals surface area contributed by atoms with E-state index in [-0.39, 0.29) is 16.7 Å². The van der Waals surface area contributed by atoms with Crippen molar-refractivity contribution in [2.45, 2.75) is 44.4 Å². The number of hydrogen-bond donors (Lipinski definition) is 2. The molecule has 0 spiro atoms. The van der Waals surface area contributed by atoms with E-state index in [4.69, 9.17) is 0 Å². The lowest BCUT2D eigenvalue weighted by Gasteiger charge is -2.26. The van der Waals surface area contributed by atoms with Gasteiger partial charge in [-0.2, -0.15) is 0 Å². The number of rotatable bonds is 4. The third kappa shape index (κ3) is 3.51. The molecular formula is C13H18N2O3. The van der Waals surface area contributed by atoms with E-state index in [1.165, 1.54) is 12.1 Å². The monoisotopic (exact) mass is 250 g/mol. The molecule has 0 atom stereocenters. The van der Waals surface area contributed by atoms with Crippen LogP contribution in [-0.2, 0) is 6.54 Å². The van der Waals surface area contributed by atoms with Crippen molar-refractivity contribution in [1.29, 1.82) is 0 Å². The Kier molecular flexibility index (Phi) is 4.28.